The van der Waals surface area contributed by atoms with Crippen LogP contribution < -0.4 is 0 Å². The largest absolute Gasteiger partial charge is 0.378 e. The number of aromatic nitrogens is 3. The molecule has 1 heterocycles. The van der Waals surface area contributed by atoms with Crippen LogP contribution in [0.2, 0.25) is 0 Å². The van der Waals surface area contributed by atoms with Gasteiger partial charge in [0.1, 0.15) is 11.8 Å². The van der Waals surface area contributed by atoms with Gasteiger partial charge in [-0.1, -0.05) is 11.3 Å². The molecule has 0 bridgehead atoms. The van der Waals surface area contributed by atoms with E-state index in [2.05, 4.69) is 10.3 Å². The van der Waals surface area contributed by atoms with E-state index < -0.39 is 0 Å². The minimum atomic E-state index is 0.298. The predicted octanol–water partition coefficient (Wildman–Crippen LogP) is 2.01. The molecule has 18 heavy (non-hydrogen) atoms. The van der Waals surface area contributed by atoms with Crippen LogP contribution in [-0.2, 0) is 11.3 Å². The fourth-order valence-corrected chi connectivity index (χ4v) is 2.06. The summed E-state index contributed by atoms with van der Waals surface area (Å²) in [6, 6.07) is 9.91. The molecule has 6 heteroatoms. The monoisotopic (exact) mass is 260 g/mol. The third-order valence-electron chi connectivity index (χ3n) is 2.45. The third kappa shape index (κ3) is 2.37. The molecule has 0 saturated heterocycles. The van der Waals surface area contributed by atoms with Gasteiger partial charge in [-0.05, 0) is 24.5 Å². The molecule has 0 spiro atoms. The van der Waals surface area contributed by atoms with E-state index in [0.29, 0.717) is 18.0 Å². The van der Waals surface area contributed by atoms with Crippen LogP contribution in [0.25, 0.3) is 5.69 Å². The van der Waals surface area contributed by atoms with Crippen molar-refractivity contribution in [1.82, 2.24) is 15.0 Å². The zero-order valence-corrected chi connectivity index (χ0v) is 10.9. The van der Waals surface area contributed by atoms with Crippen LogP contribution in [0.5, 0.6) is 0 Å². The topological polar surface area (TPSA) is 63.7 Å². The molecule has 0 fully saturated rings. The molecule has 0 amide bonds. The van der Waals surface area contributed by atoms with Gasteiger partial charge in [0.25, 0.3) is 0 Å². The van der Waals surface area contributed by atoms with Crippen molar-refractivity contribution in [2.75, 3.05) is 13.4 Å². The maximum atomic E-state index is 8.98. The number of methoxy groups -OCH3 is 1. The fourth-order valence-electron chi connectivity index (χ4n) is 1.60. The molecule has 0 N–H and O–H groups in total. The van der Waals surface area contributed by atoms with E-state index >= 15 is 0 Å². The highest BCUT2D eigenvalue weighted by molar-refractivity contribution is 7.98. The Bertz CT molecular complexity index is 588. The van der Waals surface area contributed by atoms with Gasteiger partial charge in [-0.3, -0.25) is 0 Å². The Hall–Kier alpha value is -1.84. The van der Waals surface area contributed by atoms with E-state index in [9.17, 15) is 0 Å². The van der Waals surface area contributed by atoms with Gasteiger partial charge in [-0.2, -0.15) is 5.26 Å². The molecule has 1 aromatic heterocycles. The first-order chi connectivity index (χ1) is 8.80. The number of nitriles is 1. The van der Waals surface area contributed by atoms with Crippen molar-refractivity contribution in [2.45, 2.75) is 11.5 Å². The molecule has 0 atom stereocenters. The van der Waals surface area contributed by atoms with Crippen molar-refractivity contribution in [3.05, 3.63) is 35.7 Å². The van der Waals surface area contributed by atoms with Gasteiger partial charge in [0.15, 0.2) is 5.69 Å². The molecule has 2 rings (SSSR count). The Morgan fingerprint density at radius 3 is 3.00 bits per heavy atom. The summed E-state index contributed by atoms with van der Waals surface area (Å²) < 4.78 is 6.73. The Balaban J connectivity index is 2.49. The zero-order valence-electron chi connectivity index (χ0n) is 10.1. The lowest BCUT2D eigenvalue weighted by Gasteiger charge is -2.06. The van der Waals surface area contributed by atoms with Crippen molar-refractivity contribution in [1.29, 1.82) is 5.26 Å². The minimum absolute atomic E-state index is 0.298. The summed E-state index contributed by atoms with van der Waals surface area (Å²) in [7, 11) is 1.58. The molecule has 0 unspecified atom stereocenters. The molecule has 2 aromatic rings. The third-order valence-corrected chi connectivity index (χ3v) is 3.17. The summed E-state index contributed by atoms with van der Waals surface area (Å²) in [6.45, 7) is 0.305. The van der Waals surface area contributed by atoms with E-state index in [1.165, 1.54) is 0 Å². The summed E-state index contributed by atoms with van der Waals surface area (Å²) in [6.07, 6.45) is 2.01. The maximum Gasteiger partial charge on any atom is 0.188 e. The van der Waals surface area contributed by atoms with E-state index in [1.807, 2.05) is 36.6 Å². The van der Waals surface area contributed by atoms with Crippen LogP contribution in [0.4, 0.5) is 0 Å². The van der Waals surface area contributed by atoms with Crippen molar-refractivity contribution in [3.63, 3.8) is 0 Å². The molecular formula is C12H12N4OS. The lowest BCUT2D eigenvalue weighted by Crippen LogP contribution is -2.04. The van der Waals surface area contributed by atoms with Crippen LogP contribution in [0, 0.1) is 11.3 Å². The normalized spacial score (nSPS) is 10.3. The first kappa shape index (κ1) is 12.6. The number of nitrogens with zero attached hydrogens (tertiary/aromatic N) is 4. The number of benzene rings is 1. The van der Waals surface area contributed by atoms with Gasteiger partial charge in [0.05, 0.1) is 12.3 Å². The second-order valence-electron chi connectivity index (χ2n) is 3.54. The summed E-state index contributed by atoms with van der Waals surface area (Å²) in [4.78, 5) is 1.13. The molecule has 0 aliphatic rings. The highest BCUT2D eigenvalue weighted by Crippen LogP contribution is 2.20. The first-order valence-corrected chi connectivity index (χ1v) is 6.50. The highest BCUT2D eigenvalue weighted by atomic mass is 32.2. The lowest BCUT2D eigenvalue weighted by molar-refractivity contribution is 0.179. The Labute approximate surface area is 109 Å². The van der Waals surface area contributed by atoms with Crippen molar-refractivity contribution < 1.29 is 4.74 Å². The molecule has 0 aliphatic carbocycles. The second-order valence-corrected chi connectivity index (χ2v) is 4.42. The van der Waals surface area contributed by atoms with E-state index in [1.54, 1.807) is 23.6 Å². The standard InChI is InChI=1S/C12H12N4OS/c1-17-8-12-11(7-13)14-15-16(12)9-4-3-5-10(6-9)18-2/h3-6H,8H2,1-2H3. The van der Waals surface area contributed by atoms with Gasteiger partial charge in [-0.15, -0.1) is 16.9 Å². The number of rotatable bonds is 4. The zero-order chi connectivity index (χ0) is 13.0. The highest BCUT2D eigenvalue weighted by Gasteiger charge is 2.13. The van der Waals surface area contributed by atoms with Crippen LogP contribution in [-0.4, -0.2) is 28.4 Å². The molecule has 1 aromatic carbocycles. The Kier molecular flexibility index (Phi) is 3.97. The molecule has 0 aliphatic heterocycles. The summed E-state index contributed by atoms with van der Waals surface area (Å²) in [5.74, 6) is 0. The van der Waals surface area contributed by atoms with Gasteiger partial charge in [-0.25, -0.2) is 4.68 Å². The fraction of sp³-hybridized carbons (Fsp3) is 0.250. The Morgan fingerprint density at radius 1 is 1.50 bits per heavy atom. The predicted molar refractivity (Wildman–Crippen MR) is 68.6 cm³/mol. The summed E-state index contributed by atoms with van der Waals surface area (Å²) in [5, 5.41) is 16.8. The first-order valence-electron chi connectivity index (χ1n) is 5.28. The number of ether oxygens (including phenoxy) is 1. The molecule has 5 nitrogen and oxygen atoms in total. The van der Waals surface area contributed by atoms with Gasteiger partial charge >= 0.3 is 0 Å². The smallest absolute Gasteiger partial charge is 0.188 e. The van der Waals surface area contributed by atoms with Gasteiger partial charge in [0, 0.05) is 12.0 Å². The van der Waals surface area contributed by atoms with Crippen molar-refractivity contribution in [2.24, 2.45) is 0 Å². The van der Waals surface area contributed by atoms with Crippen LogP contribution in [0.1, 0.15) is 11.4 Å². The molecular weight excluding hydrogens is 248 g/mol. The summed E-state index contributed by atoms with van der Waals surface area (Å²) in [5.41, 5.74) is 1.84. The molecule has 92 valence electrons. The number of thioether (sulfide) groups is 1. The average Bonchev–Trinajstić information content (AvgIpc) is 2.82. The quantitative estimate of drug-likeness (QED) is 0.787. The van der Waals surface area contributed by atoms with Crippen LogP contribution in [0.15, 0.2) is 29.2 Å². The van der Waals surface area contributed by atoms with Crippen molar-refractivity contribution in [3.8, 4) is 11.8 Å². The summed E-state index contributed by atoms with van der Waals surface area (Å²) >= 11 is 1.65. The van der Waals surface area contributed by atoms with Crippen LogP contribution >= 0.6 is 11.8 Å². The average molecular weight is 260 g/mol. The SMILES string of the molecule is COCc1c(C#N)nnn1-c1cccc(SC)c1. The van der Waals surface area contributed by atoms with Crippen LogP contribution in [0.3, 0.4) is 0 Å². The minimum Gasteiger partial charge on any atom is -0.378 e. The van der Waals surface area contributed by atoms with E-state index in [0.717, 1.165) is 10.6 Å². The number of hydrogen-bond donors (Lipinski definition) is 0. The second kappa shape index (κ2) is 5.67. The number of hydrogen-bond acceptors (Lipinski definition) is 5. The van der Waals surface area contributed by atoms with Gasteiger partial charge in [0.2, 0.25) is 0 Å². The van der Waals surface area contributed by atoms with Gasteiger partial charge < -0.3 is 4.74 Å². The van der Waals surface area contributed by atoms with E-state index in [-0.39, 0.29) is 0 Å². The Morgan fingerprint density at radius 2 is 2.33 bits per heavy atom. The molecule has 0 saturated carbocycles. The maximum absolute atomic E-state index is 8.98. The molecule has 0 radical (unpaired) electrons. The van der Waals surface area contributed by atoms with Crippen molar-refractivity contribution >= 4 is 11.8 Å². The lowest BCUT2D eigenvalue weighted by atomic mass is 10.3. The van der Waals surface area contributed by atoms with E-state index in [4.69, 9.17) is 10.00 Å².